The molecule has 5 rings (SSSR count). The summed E-state index contributed by atoms with van der Waals surface area (Å²) in [7, 11) is 0. The molecule has 0 bridgehead atoms. The Balaban J connectivity index is 1.36. The van der Waals surface area contributed by atoms with Crippen molar-refractivity contribution >= 4 is 29.1 Å². The second kappa shape index (κ2) is 9.81. The molecule has 1 N–H and O–H groups in total. The molecule has 34 heavy (non-hydrogen) atoms. The number of nitrogens with zero attached hydrogens (tertiary/aromatic N) is 3. The molecule has 3 unspecified atom stereocenters. The second-order valence-electron chi connectivity index (χ2n) is 8.75. The quantitative estimate of drug-likeness (QED) is 0.537. The van der Waals surface area contributed by atoms with Gasteiger partial charge >= 0.3 is 0 Å². The molecule has 2 fully saturated rings. The number of nitrogens with one attached hydrogen (secondary N) is 1. The van der Waals surface area contributed by atoms with Crippen LogP contribution >= 0.6 is 11.6 Å². The molecule has 0 spiro atoms. The Bertz CT molecular complexity index is 1190. The van der Waals surface area contributed by atoms with Crippen molar-refractivity contribution in [1.82, 2.24) is 14.9 Å². The van der Waals surface area contributed by atoms with Crippen LogP contribution in [0.3, 0.4) is 0 Å². The number of hydrogen-bond acceptors (Lipinski definition) is 5. The molecule has 2 aliphatic rings. The summed E-state index contributed by atoms with van der Waals surface area (Å²) in [5, 5.41) is 3.50. The van der Waals surface area contributed by atoms with E-state index < -0.39 is 6.04 Å². The van der Waals surface area contributed by atoms with Gasteiger partial charge in [-0.1, -0.05) is 36.6 Å². The van der Waals surface area contributed by atoms with E-state index in [0.717, 1.165) is 25.7 Å². The van der Waals surface area contributed by atoms with Gasteiger partial charge in [0.25, 0.3) is 5.91 Å². The van der Waals surface area contributed by atoms with Gasteiger partial charge in [0.05, 0.1) is 6.20 Å². The van der Waals surface area contributed by atoms with Crippen molar-refractivity contribution in [3.63, 3.8) is 0 Å². The van der Waals surface area contributed by atoms with Crippen molar-refractivity contribution in [2.75, 3.05) is 5.32 Å². The van der Waals surface area contributed by atoms with E-state index in [0.29, 0.717) is 40.2 Å². The Morgan fingerprint density at radius 2 is 1.91 bits per heavy atom. The van der Waals surface area contributed by atoms with Crippen molar-refractivity contribution in [3.05, 3.63) is 77.7 Å². The lowest BCUT2D eigenvalue weighted by Gasteiger charge is -2.33. The first-order valence-electron chi connectivity index (χ1n) is 11.5. The highest BCUT2D eigenvalue weighted by Gasteiger charge is 2.47. The van der Waals surface area contributed by atoms with E-state index in [-0.39, 0.29) is 17.9 Å². The van der Waals surface area contributed by atoms with Crippen LogP contribution < -0.4 is 10.1 Å². The average Bonchev–Trinajstić information content (AvgIpc) is 3.24. The number of ether oxygens (including phenoxy) is 1. The Kier molecular flexibility index (Phi) is 6.45. The van der Waals surface area contributed by atoms with Gasteiger partial charge in [-0.2, -0.15) is 0 Å². The zero-order chi connectivity index (χ0) is 23.5. The second-order valence-corrected chi connectivity index (χ2v) is 9.19. The van der Waals surface area contributed by atoms with Crippen molar-refractivity contribution in [1.29, 1.82) is 0 Å². The predicted molar refractivity (Wildman–Crippen MR) is 129 cm³/mol. The van der Waals surface area contributed by atoms with Crippen molar-refractivity contribution < 1.29 is 14.3 Å². The van der Waals surface area contributed by atoms with Crippen LogP contribution in [0, 0.1) is 5.92 Å². The maximum atomic E-state index is 13.5. The number of benzene rings is 2. The summed E-state index contributed by atoms with van der Waals surface area (Å²) >= 11 is 6.14. The number of halogens is 1. The van der Waals surface area contributed by atoms with E-state index >= 15 is 0 Å². The summed E-state index contributed by atoms with van der Waals surface area (Å²) in [6, 6.07) is 13.6. The van der Waals surface area contributed by atoms with Crippen LogP contribution in [0.25, 0.3) is 0 Å². The number of likely N-dealkylation sites (tertiary alicyclic amines) is 1. The Morgan fingerprint density at radius 3 is 2.74 bits per heavy atom. The standard InChI is InChI=1S/C26H25ClN4O3/c27-19-7-3-6-18(13-19)26(33)31-22-10-2-1-5-17(22)14-23(31)25(32)30-20-8-4-9-21(15-20)34-24-16-28-11-12-29-24/h3-4,6-9,11-13,15-17,22-23H,1-2,5,10,14H2,(H,30,32). The van der Waals surface area contributed by atoms with Crippen molar-refractivity contribution in [2.45, 2.75) is 44.2 Å². The van der Waals surface area contributed by atoms with E-state index in [4.69, 9.17) is 16.3 Å². The lowest BCUT2D eigenvalue weighted by Crippen LogP contribution is -2.47. The van der Waals surface area contributed by atoms with Crippen LogP contribution in [0.15, 0.2) is 67.1 Å². The number of aromatic nitrogens is 2. The summed E-state index contributed by atoms with van der Waals surface area (Å²) in [5.74, 6) is 0.895. The SMILES string of the molecule is O=C(Nc1cccc(Oc2cnccn2)c1)C1CC2CCCCC2N1C(=O)c1cccc(Cl)c1. The maximum absolute atomic E-state index is 13.5. The predicted octanol–water partition coefficient (Wildman–Crippen LogP) is 5.33. The topological polar surface area (TPSA) is 84.4 Å². The number of hydrogen-bond donors (Lipinski definition) is 1. The van der Waals surface area contributed by atoms with Crippen LogP contribution in [-0.4, -0.2) is 38.8 Å². The van der Waals surface area contributed by atoms with Gasteiger partial charge < -0.3 is 15.0 Å². The van der Waals surface area contributed by atoms with E-state index in [1.54, 1.807) is 65.8 Å². The fourth-order valence-electron chi connectivity index (χ4n) is 5.08. The minimum atomic E-state index is -0.538. The van der Waals surface area contributed by atoms with Crippen LogP contribution in [0.5, 0.6) is 11.6 Å². The van der Waals surface area contributed by atoms with Gasteiger partial charge in [-0.05, 0) is 55.5 Å². The molecule has 8 heteroatoms. The van der Waals surface area contributed by atoms with E-state index in [1.807, 2.05) is 0 Å². The molecular weight excluding hydrogens is 452 g/mol. The molecule has 2 aromatic carbocycles. The zero-order valence-electron chi connectivity index (χ0n) is 18.6. The third-order valence-corrected chi connectivity index (χ3v) is 6.80. The molecule has 1 saturated carbocycles. The molecule has 2 heterocycles. The van der Waals surface area contributed by atoms with Gasteiger partial charge in [0, 0.05) is 40.8 Å². The van der Waals surface area contributed by atoms with Gasteiger partial charge in [-0.25, -0.2) is 4.98 Å². The lowest BCUT2D eigenvalue weighted by atomic mass is 9.84. The highest BCUT2D eigenvalue weighted by atomic mass is 35.5. The Morgan fingerprint density at radius 1 is 1.06 bits per heavy atom. The Hall–Kier alpha value is -3.45. The summed E-state index contributed by atoms with van der Waals surface area (Å²) < 4.78 is 5.73. The van der Waals surface area contributed by atoms with Gasteiger partial charge in [0.15, 0.2) is 0 Å². The number of rotatable bonds is 5. The highest BCUT2D eigenvalue weighted by molar-refractivity contribution is 6.31. The third-order valence-electron chi connectivity index (χ3n) is 6.56. The van der Waals surface area contributed by atoms with Gasteiger partial charge in [-0.3, -0.25) is 14.6 Å². The van der Waals surface area contributed by atoms with E-state index in [1.165, 1.54) is 6.20 Å². The summed E-state index contributed by atoms with van der Waals surface area (Å²) in [5.41, 5.74) is 1.10. The fourth-order valence-corrected chi connectivity index (χ4v) is 5.27. The van der Waals surface area contributed by atoms with Crippen LogP contribution in [0.1, 0.15) is 42.5 Å². The molecule has 7 nitrogen and oxygen atoms in total. The fraction of sp³-hybridized carbons (Fsp3) is 0.308. The Labute approximate surface area is 203 Å². The molecule has 3 atom stereocenters. The number of anilines is 1. The van der Waals surface area contributed by atoms with Crippen LogP contribution in [0.4, 0.5) is 5.69 Å². The molecule has 1 saturated heterocycles. The minimum Gasteiger partial charge on any atom is -0.437 e. The van der Waals surface area contributed by atoms with E-state index in [2.05, 4.69) is 15.3 Å². The first-order chi connectivity index (χ1) is 16.6. The van der Waals surface area contributed by atoms with Crippen molar-refractivity contribution in [3.8, 4) is 11.6 Å². The third kappa shape index (κ3) is 4.75. The summed E-state index contributed by atoms with van der Waals surface area (Å²) in [4.78, 5) is 36.9. The molecule has 1 aliphatic carbocycles. The average molecular weight is 477 g/mol. The van der Waals surface area contributed by atoms with Crippen LogP contribution in [-0.2, 0) is 4.79 Å². The van der Waals surface area contributed by atoms with Crippen molar-refractivity contribution in [2.24, 2.45) is 5.92 Å². The minimum absolute atomic E-state index is 0.0716. The zero-order valence-corrected chi connectivity index (χ0v) is 19.3. The molecule has 0 radical (unpaired) electrons. The summed E-state index contributed by atoms with van der Waals surface area (Å²) in [6.07, 6.45) is 9.46. The summed E-state index contributed by atoms with van der Waals surface area (Å²) in [6.45, 7) is 0. The number of carbonyl (C=O) groups is 2. The van der Waals surface area contributed by atoms with E-state index in [9.17, 15) is 9.59 Å². The molecule has 1 aliphatic heterocycles. The number of amides is 2. The molecule has 2 amide bonds. The maximum Gasteiger partial charge on any atom is 0.254 e. The molecular formula is C26H25ClN4O3. The molecule has 174 valence electrons. The molecule has 3 aromatic rings. The smallest absolute Gasteiger partial charge is 0.254 e. The first-order valence-corrected chi connectivity index (χ1v) is 11.9. The first kappa shape index (κ1) is 22.3. The molecule has 1 aromatic heterocycles. The van der Waals surface area contributed by atoms with Gasteiger partial charge in [-0.15, -0.1) is 0 Å². The van der Waals surface area contributed by atoms with Crippen LogP contribution in [0.2, 0.25) is 5.02 Å². The number of carbonyl (C=O) groups excluding carboxylic acids is 2. The van der Waals surface area contributed by atoms with Gasteiger partial charge in [0.2, 0.25) is 11.8 Å². The van der Waals surface area contributed by atoms with Gasteiger partial charge in [0.1, 0.15) is 11.8 Å². The largest absolute Gasteiger partial charge is 0.437 e. The normalized spacial score (nSPS) is 21.6. The number of fused-ring (bicyclic) bond motifs is 1. The lowest BCUT2D eigenvalue weighted by molar-refractivity contribution is -0.120. The monoisotopic (exact) mass is 476 g/mol. The highest BCUT2D eigenvalue weighted by Crippen LogP contribution is 2.41.